The molecule has 1 fully saturated rings. The molecule has 3 heterocycles. The van der Waals surface area contributed by atoms with Gasteiger partial charge in [0.15, 0.2) is 0 Å². The Balaban J connectivity index is 1.31. The molecule has 5 aromatic rings. The van der Waals surface area contributed by atoms with Crippen LogP contribution in [0.25, 0.3) is 22.0 Å². The van der Waals surface area contributed by atoms with Gasteiger partial charge in [-0.2, -0.15) is 10.4 Å². The number of carbonyl (C=O) groups is 1. The number of nitrogens with zero attached hydrogens (tertiary/aromatic N) is 4. The van der Waals surface area contributed by atoms with Crippen molar-refractivity contribution in [3.63, 3.8) is 0 Å². The Morgan fingerprint density at radius 2 is 1.63 bits per heavy atom. The van der Waals surface area contributed by atoms with Gasteiger partial charge in [-0.05, 0) is 105 Å². The maximum absolute atomic E-state index is 13.3. The highest BCUT2D eigenvalue weighted by molar-refractivity contribution is 6.66. The summed E-state index contributed by atoms with van der Waals surface area (Å²) in [5.74, 6) is 0.0970. The molecule has 0 saturated carbocycles. The van der Waals surface area contributed by atoms with Gasteiger partial charge in [-0.1, -0.05) is 53.5 Å². The minimum absolute atomic E-state index is 0.0927. The SMILES string of the molecule is CC(C)(C)OCC(NCc1cc(Cl)c(Cn2ncc3c(-c4cccc(B5OC(C)(C)C(C)(C)O5)c4Cl)cccc32)cc1OCc1cncc(C#N)c1)C(=O)OC(C)(C)C. The predicted octanol–water partition coefficient (Wildman–Crippen LogP) is 8.82. The quantitative estimate of drug-likeness (QED) is 0.0907. The molecule has 310 valence electrons. The van der Waals surface area contributed by atoms with Crippen molar-refractivity contribution in [1.29, 1.82) is 5.26 Å². The van der Waals surface area contributed by atoms with E-state index in [1.54, 1.807) is 12.3 Å². The summed E-state index contributed by atoms with van der Waals surface area (Å²) < 4.78 is 32.8. The van der Waals surface area contributed by atoms with Gasteiger partial charge in [0.25, 0.3) is 0 Å². The minimum Gasteiger partial charge on any atom is -0.489 e. The molecule has 1 saturated heterocycles. The fraction of sp³-hybridized carbons (Fsp3) is 0.422. The number of rotatable bonds is 13. The Kier molecular flexibility index (Phi) is 12.9. The van der Waals surface area contributed by atoms with Crippen molar-refractivity contribution >= 4 is 52.7 Å². The van der Waals surface area contributed by atoms with E-state index in [0.29, 0.717) is 33.5 Å². The van der Waals surface area contributed by atoms with Crippen molar-refractivity contribution in [3.05, 3.63) is 105 Å². The van der Waals surface area contributed by atoms with Crippen LogP contribution in [-0.4, -0.2) is 62.9 Å². The number of aromatic nitrogens is 3. The number of pyridine rings is 1. The maximum atomic E-state index is 13.3. The molecular formula is C45H52BCl2N5O6. The summed E-state index contributed by atoms with van der Waals surface area (Å²) in [7, 11) is -0.613. The monoisotopic (exact) mass is 839 g/mol. The second-order valence-electron chi connectivity index (χ2n) is 17.8. The van der Waals surface area contributed by atoms with E-state index in [2.05, 4.69) is 16.4 Å². The number of esters is 1. The van der Waals surface area contributed by atoms with E-state index in [-0.39, 0.29) is 19.8 Å². The summed E-state index contributed by atoms with van der Waals surface area (Å²) in [6.07, 6.45) is 4.99. The highest BCUT2D eigenvalue weighted by Crippen LogP contribution is 2.39. The van der Waals surface area contributed by atoms with E-state index in [0.717, 1.165) is 38.6 Å². The zero-order valence-corrected chi connectivity index (χ0v) is 36.9. The highest BCUT2D eigenvalue weighted by atomic mass is 35.5. The van der Waals surface area contributed by atoms with E-state index in [1.165, 1.54) is 6.20 Å². The lowest BCUT2D eigenvalue weighted by Crippen LogP contribution is -2.45. The smallest absolute Gasteiger partial charge is 0.489 e. The van der Waals surface area contributed by atoms with E-state index in [1.807, 2.05) is 129 Å². The minimum atomic E-state index is -0.771. The molecule has 59 heavy (non-hydrogen) atoms. The summed E-state index contributed by atoms with van der Waals surface area (Å²) in [5, 5.41) is 19.5. The first-order chi connectivity index (χ1) is 27.6. The molecule has 3 aromatic carbocycles. The third-order valence-corrected chi connectivity index (χ3v) is 11.1. The number of hydrogen-bond acceptors (Lipinski definition) is 10. The largest absolute Gasteiger partial charge is 0.496 e. The van der Waals surface area contributed by atoms with Crippen LogP contribution < -0.4 is 15.5 Å². The van der Waals surface area contributed by atoms with Gasteiger partial charge < -0.3 is 23.5 Å². The van der Waals surface area contributed by atoms with Crippen LogP contribution >= 0.6 is 23.2 Å². The van der Waals surface area contributed by atoms with Crippen LogP contribution in [0.1, 0.15) is 91.5 Å². The molecule has 6 rings (SSSR count). The van der Waals surface area contributed by atoms with Gasteiger partial charge in [0.1, 0.15) is 30.1 Å². The lowest BCUT2D eigenvalue weighted by molar-refractivity contribution is -0.160. The number of benzene rings is 3. The maximum Gasteiger partial charge on any atom is 0.496 e. The number of hydrogen-bond donors (Lipinski definition) is 1. The first-order valence-electron chi connectivity index (χ1n) is 19.6. The van der Waals surface area contributed by atoms with Crippen LogP contribution in [0, 0.1) is 11.3 Å². The molecule has 0 bridgehead atoms. The highest BCUT2D eigenvalue weighted by Gasteiger charge is 2.52. The van der Waals surface area contributed by atoms with Crippen LogP contribution in [0.2, 0.25) is 10.0 Å². The molecule has 0 amide bonds. The summed E-state index contributed by atoms with van der Waals surface area (Å²) in [4.78, 5) is 17.5. The second-order valence-corrected chi connectivity index (χ2v) is 18.5. The summed E-state index contributed by atoms with van der Waals surface area (Å²) in [6, 6.07) is 18.7. The van der Waals surface area contributed by atoms with Crippen molar-refractivity contribution in [2.75, 3.05) is 6.61 Å². The molecule has 2 aromatic heterocycles. The van der Waals surface area contributed by atoms with Crippen LogP contribution in [0.15, 0.2) is 73.2 Å². The summed E-state index contributed by atoms with van der Waals surface area (Å²) in [6.45, 7) is 20.1. The predicted molar refractivity (Wildman–Crippen MR) is 232 cm³/mol. The van der Waals surface area contributed by atoms with Gasteiger partial charge in [-0.15, -0.1) is 0 Å². The van der Waals surface area contributed by atoms with E-state index in [4.69, 9.17) is 51.8 Å². The molecule has 0 radical (unpaired) electrons. The average molecular weight is 841 g/mol. The number of halogens is 2. The fourth-order valence-electron chi connectivity index (χ4n) is 6.50. The third kappa shape index (κ3) is 10.5. The lowest BCUT2D eigenvalue weighted by Gasteiger charge is -2.32. The Morgan fingerprint density at radius 3 is 2.31 bits per heavy atom. The molecule has 1 unspecified atom stereocenters. The lowest BCUT2D eigenvalue weighted by atomic mass is 9.77. The van der Waals surface area contributed by atoms with Gasteiger partial charge in [-0.3, -0.25) is 19.8 Å². The normalized spacial score (nSPS) is 15.6. The van der Waals surface area contributed by atoms with Crippen molar-refractivity contribution in [1.82, 2.24) is 20.1 Å². The topological polar surface area (TPSA) is 130 Å². The molecule has 1 atom stereocenters. The summed E-state index contributed by atoms with van der Waals surface area (Å²) in [5.41, 5.74) is 3.80. The zero-order chi connectivity index (χ0) is 42.9. The average Bonchev–Trinajstić information content (AvgIpc) is 3.66. The van der Waals surface area contributed by atoms with Gasteiger partial charge in [0.05, 0.1) is 47.2 Å². The van der Waals surface area contributed by atoms with Gasteiger partial charge >= 0.3 is 13.1 Å². The van der Waals surface area contributed by atoms with E-state index in [9.17, 15) is 10.1 Å². The van der Waals surface area contributed by atoms with E-state index >= 15 is 0 Å². The first kappa shape index (κ1) is 44.1. The standard InChI is InChI=1S/C45H52BCl2N5O6/c1-42(2,3)56-27-37(41(54)57-43(4,5)6)51-23-30-18-36(47)31(19-39(30)55-26-29-17-28(20-49)21-50-22-29)25-53-38-16-12-13-32(34(38)24-52-53)33-14-11-15-35(40(33)48)46-58-44(7,8)45(9,10)59-46/h11-19,21-22,24,37,51H,23,25-27H2,1-10H3. The molecule has 14 heteroatoms. The number of ether oxygens (including phenoxy) is 3. The molecule has 0 spiro atoms. The van der Waals surface area contributed by atoms with Gasteiger partial charge in [0.2, 0.25) is 0 Å². The Labute approximate surface area is 357 Å². The van der Waals surface area contributed by atoms with E-state index < -0.39 is 41.5 Å². The number of nitriles is 1. The Hall–Kier alpha value is -4.48. The molecule has 11 nitrogen and oxygen atoms in total. The van der Waals surface area contributed by atoms with Crippen LogP contribution in [0.5, 0.6) is 5.75 Å². The number of fused-ring (bicyclic) bond motifs is 1. The van der Waals surface area contributed by atoms with Crippen molar-refractivity contribution in [2.24, 2.45) is 0 Å². The van der Waals surface area contributed by atoms with Crippen LogP contribution in [-0.2, 0) is 43.3 Å². The molecule has 1 aliphatic heterocycles. The van der Waals surface area contributed by atoms with Crippen molar-refractivity contribution < 1.29 is 28.3 Å². The number of carbonyl (C=O) groups excluding carboxylic acids is 1. The fourth-order valence-corrected chi connectivity index (χ4v) is 7.07. The summed E-state index contributed by atoms with van der Waals surface area (Å²) >= 11 is 14.2. The number of nitrogens with one attached hydrogen (secondary N) is 1. The Morgan fingerprint density at radius 1 is 0.932 bits per heavy atom. The molecular weight excluding hydrogens is 788 g/mol. The first-order valence-corrected chi connectivity index (χ1v) is 20.4. The Bertz CT molecular complexity index is 2360. The molecule has 1 aliphatic rings. The van der Waals surface area contributed by atoms with Crippen molar-refractivity contribution in [2.45, 2.75) is 117 Å². The van der Waals surface area contributed by atoms with Crippen molar-refractivity contribution in [3.8, 4) is 22.9 Å². The zero-order valence-electron chi connectivity index (χ0n) is 35.4. The van der Waals surface area contributed by atoms with Crippen LogP contribution in [0.4, 0.5) is 0 Å². The van der Waals surface area contributed by atoms with Gasteiger partial charge in [-0.25, -0.2) is 0 Å². The second kappa shape index (κ2) is 17.2. The third-order valence-electron chi connectivity index (χ3n) is 10.3. The molecule has 1 N–H and O–H groups in total. The van der Waals surface area contributed by atoms with Gasteiger partial charge in [0, 0.05) is 56.5 Å². The molecule has 0 aliphatic carbocycles. The van der Waals surface area contributed by atoms with Crippen LogP contribution in [0.3, 0.4) is 0 Å².